The van der Waals surface area contributed by atoms with Crippen molar-refractivity contribution in [2.24, 2.45) is 0 Å². The third-order valence-electron chi connectivity index (χ3n) is 2.09. The number of aliphatic carboxylic acids is 1. The number of halogens is 1. The van der Waals surface area contributed by atoms with E-state index < -0.39 is 5.97 Å². The number of carboxylic acid groups (broad SMARTS) is 1. The van der Waals surface area contributed by atoms with Crippen molar-refractivity contribution in [3.8, 4) is 0 Å². The van der Waals surface area contributed by atoms with Gasteiger partial charge < -0.3 is 5.11 Å². The fraction of sp³-hybridized carbons (Fsp3) is 0.250. The van der Waals surface area contributed by atoms with Gasteiger partial charge in [0.1, 0.15) is 0 Å². The van der Waals surface area contributed by atoms with E-state index in [0.29, 0.717) is 10.9 Å². The molecule has 0 bridgehead atoms. The lowest BCUT2D eigenvalue weighted by Crippen LogP contribution is -1.90. The van der Waals surface area contributed by atoms with E-state index in [1.54, 1.807) is 6.07 Å². The molecule has 0 atom stereocenters. The fourth-order valence-electron chi connectivity index (χ4n) is 1.21. The zero-order valence-electron chi connectivity index (χ0n) is 8.70. The molecule has 0 spiro atoms. The highest BCUT2D eigenvalue weighted by atomic mass is 35.5. The van der Waals surface area contributed by atoms with Crippen LogP contribution in [0.4, 0.5) is 0 Å². The average Bonchev–Trinajstić information content (AvgIpc) is 2.16. The van der Waals surface area contributed by atoms with Crippen LogP contribution in [0.15, 0.2) is 24.3 Å². The fourth-order valence-corrected chi connectivity index (χ4v) is 1.39. The Morgan fingerprint density at radius 1 is 1.47 bits per heavy atom. The minimum absolute atomic E-state index is 0.402. The molecule has 0 saturated carbocycles. The van der Waals surface area contributed by atoms with Crippen molar-refractivity contribution in [1.29, 1.82) is 0 Å². The second kappa shape index (κ2) is 4.99. The van der Waals surface area contributed by atoms with Crippen LogP contribution in [0.1, 0.15) is 30.9 Å². The highest BCUT2D eigenvalue weighted by molar-refractivity contribution is 6.32. The number of benzene rings is 1. The molecule has 0 aliphatic carbocycles. The molecule has 0 heterocycles. The lowest BCUT2D eigenvalue weighted by Gasteiger charge is -2.07. The van der Waals surface area contributed by atoms with E-state index in [4.69, 9.17) is 16.7 Å². The third-order valence-corrected chi connectivity index (χ3v) is 2.44. The van der Waals surface area contributed by atoms with Crippen LogP contribution in [0.5, 0.6) is 0 Å². The van der Waals surface area contributed by atoms with E-state index in [1.165, 1.54) is 6.08 Å². The van der Waals surface area contributed by atoms with Crippen LogP contribution in [0.25, 0.3) is 6.08 Å². The van der Waals surface area contributed by atoms with Crippen LogP contribution >= 0.6 is 11.6 Å². The molecule has 0 aromatic heterocycles. The van der Waals surface area contributed by atoms with Crippen LogP contribution < -0.4 is 0 Å². The van der Waals surface area contributed by atoms with Gasteiger partial charge in [0.2, 0.25) is 0 Å². The van der Waals surface area contributed by atoms with Crippen LogP contribution in [0.3, 0.4) is 0 Å². The van der Waals surface area contributed by atoms with E-state index in [1.807, 2.05) is 12.1 Å². The van der Waals surface area contributed by atoms with Gasteiger partial charge in [-0.05, 0) is 29.2 Å². The van der Waals surface area contributed by atoms with Gasteiger partial charge in [-0.15, -0.1) is 0 Å². The summed E-state index contributed by atoms with van der Waals surface area (Å²) in [5.41, 5.74) is 1.88. The Morgan fingerprint density at radius 3 is 2.67 bits per heavy atom. The molecule has 0 unspecified atom stereocenters. The Hall–Kier alpha value is -1.28. The number of rotatable bonds is 3. The second-order valence-electron chi connectivity index (χ2n) is 3.61. The molecule has 0 amide bonds. The van der Waals surface area contributed by atoms with Crippen LogP contribution in [0, 0.1) is 0 Å². The number of hydrogen-bond acceptors (Lipinski definition) is 1. The zero-order chi connectivity index (χ0) is 11.4. The van der Waals surface area contributed by atoms with Gasteiger partial charge >= 0.3 is 5.97 Å². The summed E-state index contributed by atoms with van der Waals surface area (Å²) in [7, 11) is 0. The molecular formula is C12H13ClO2. The maximum atomic E-state index is 10.4. The molecule has 0 aliphatic heterocycles. The third kappa shape index (κ3) is 3.40. The van der Waals surface area contributed by atoms with Crippen molar-refractivity contribution in [1.82, 2.24) is 0 Å². The minimum Gasteiger partial charge on any atom is -0.478 e. The van der Waals surface area contributed by atoms with E-state index >= 15 is 0 Å². The molecule has 15 heavy (non-hydrogen) atoms. The first kappa shape index (κ1) is 11.8. The van der Waals surface area contributed by atoms with Gasteiger partial charge in [0.15, 0.2) is 0 Å². The lowest BCUT2D eigenvalue weighted by atomic mass is 10.0. The van der Waals surface area contributed by atoms with Crippen molar-refractivity contribution >= 4 is 23.6 Å². The predicted octanol–water partition coefficient (Wildman–Crippen LogP) is 3.56. The summed E-state index contributed by atoms with van der Waals surface area (Å²) in [6.07, 6.45) is 2.60. The van der Waals surface area contributed by atoms with E-state index in [0.717, 1.165) is 17.2 Å². The van der Waals surface area contributed by atoms with E-state index in [-0.39, 0.29) is 0 Å². The highest BCUT2D eigenvalue weighted by Crippen LogP contribution is 2.23. The normalized spacial score (nSPS) is 11.2. The van der Waals surface area contributed by atoms with E-state index in [9.17, 15) is 4.79 Å². The summed E-state index contributed by atoms with van der Waals surface area (Å²) in [6, 6.07) is 5.65. The SMILES string of the molecule is CC(C)c1ccc(Cl)c(/C=C/C(=O)O)c1. The van der Waals surface area contributed by atoms with Crippen molar-refractivity contribution in [2.45, 2.75) is 19.8 Å². The summed E-state index contributed by atoms with van der Waals surface area (Å²) in [5, 5.41) is 9.08. The molecule has 0 aliphatic rings. The maximum Gasteiger partial charge on any atom is 0.328 e. The topological polar surface area (TPSA) is 37.3 Å². The molecule has 0 fully saturated rings. The number of hydrogen-bond donors (Lipinski definition) is 1. The molecule has 1 N–H and O–H groups in total. The highest BCUT2D eigenvalue weighted by Gasteiger charge is 2.02. The molecule has 1 rings (SSSR count). The van der Waals surface area contributed by atoms with Gasteiger partial charge in [-0.2, -0.15) is 0 Å². The number of carbonyl (C=O) groups is 1. The Bertz CT molecular complexity index is 395. The monoisotopic (exact) mass is 224 g/mol. The number of carboxylic acids is 1. The smallest absolute Gasteiger partial charge is 0.328 e. The molecule has 1 aromatic carbocycles. The van der Waals surface area contributed by atoms with Crippen LogP contribution in [-0.4, -0.2) is 11.1 Å². The Kier molecular flexibility index (Phi) is 3.92. The molecule has 3 heteroatoms. The molecule has 1 aromatic rings. The Morgan fingerprint density at radius 2 is 2.13 bits per heavy atom. The average molecular weight is 225 g/mol. The second-order valence-corrected chi connectivity index (χ2v) is 4.01. The van der Waals surface area contributed by atoms with Crippen molar-refractivity contribution < 1.29 is 9.90 Å². The van der Waals surface area contributed by atoms with Crippen LogP contribution in [0.2, 0.25) is 5.02 Å². The molecule has 80 valence electrons. The molecule has 0 saturated heterocycles. The first-order valence-corrected chi connectivity index (χ1v) is 5.09. The molecule has 0 radical (unpaired) electrons. The maximum absolute atomic E-state index is 10.4. The minimum atomic E-state index is -0.971. The van der Waals surface area contributed by atoms with Crippen LogP contribution in [-0.2, 0) is 4.79 Å². The first-order valence-electron chi connectivity index (χ1n) is 4.71. The standard InChI is InChI=1S/C12H13ClO2/c1-8(2)9-3-5-11(13)10(7-9)4-6-12(14)15/h3-8H,1-2H3,(H,14,15)/b6-4+. The van der Waals surface area contributed by atoms with Gasteiger partial charge in [-0.3, -0.25) is 0 Å². The van der Waals surface area contributed by atoms with Gasteiger partial charge in [0.05, 0.1) is 0 Å². The Labute approximate surface area is 94.2 Å². The van der Waals surface area contributed by atoms with Crippen molar-refractivity contribution in [3.05, 3.63) is 40.4 Å². The van der Waals surface area contributed by atoms with Gasteiger partial charge in [0, 0.05) is 11.1 Å². The largest absolute Gasteiger partial charge is 0.478 e. The Balaban J connectivity index is 3.05. The summed E-state index contributed by atoms with van der Waals surface area (Å²) < 4.78 is 0. The summed E-state index contributed by atoms with van der Waals surface area (Å²) >= 11 is 5.94. The van der Waals surface area contributed by atoms with Gasteiger partial charge in [0.25, 0.3) is 0 Å². The summed E-state index contributed by atoms with van der Waals surface area (Å²) in [4.78, 5) is 10.4. The quantitative estimate of drug-likeness (QED) is 0.798. The first-order chi connectivity index (χ1) is 7.00. The zero-order valence-corrected chi connectivity index (χ0v) is 9.45. The molecular weight excluding hydrogens is 212 g/mol. The molecule has 2 nitrogen and oxygen atoms in total. The van der Waals surface area contributed by atoms with Gasteiger partial charge in [-0.1, -0.05) is 37.6 Å². The van der Waals surface area contributed by atoms with E-state index in [2.05, 4.69) is 13.8 Å². The van der Waals surface area contributed by atoms with Crippen molar-refractivity contribution in [2.75, 3.05) is 0 Å². The van der Waals surface area contributed by atoms with Gasteiger partial charge in [-0.25, -0.2) is 4.79 Å². The van der Waals surface area contributed by atoms with Crippen molar-refractivity contribution in [3.63, 3.8) is 0 Å². The summed E-state index contributed by atoms with van der Waals surface area (Å²) in [5.74, 6) is -0.569. The predicted molar refractivity (Wildman–Crippen MR) is 62.2 cm³/mol. The lowest BCUT2D eigenvalue weighted by molar-refractivity contribution is -0.131. The summed E-state index contributed by atoms with van der Waals surface area (Å²) in [6.45, 7) is 4.15.